The van der Waals surface area contributed by atoms with Gasteiger partial charge in [0.05, 0.1) is 5.69 Å². The maximum atomic E-state index is 9.27. The van der Waals surface area contributed by atoms with Gasteiger partial charge in [-0.25, -0.2) is 0 Å². The number of anilines is 1. The number of nitriles is 1. The molecule has 3 aromatic rings. The van der Waals surface area contributed by atoms with Crippen LogP contribution < -0.4 is 5.73 Å². The first kappa shape index (κ1) is 14.3. The summed E-state index contributed by atoms with van der Waals surface area (Å²) in [5.41, 5.74) is 10.0. The maximum absolute atomic E-state index is 9.27. The smallest absolute Gasteiger partial charge is 0.129 e. The van der Waals surface area contributed by atoms with Gasteiger partial charge in [-0.15, -0.1) is 22.7 Å². The molecule has 0 atom stereocenters. The molecular weight excluding hydrogens is 364 g/mol. The number of hydrogen-bond donors (Lipinski definition) is 1. The van der Waals surface area contributed by atoms with Gasteiger partial charge < -0.3 is 5.73 Å². The van der Waals surface area contributed by atoms with Gasteiger partial charge in [0.1, 0.15) is 10.9 Å². The topological polar surface area (TPSA) is 49.8 Å². The fraction of sp³-hybridized carbons (Fsp3) is 0.0625. The number of nitrogens with two attached hydrogens (primary N) is 1. The molecule has 2 heterocycles. The summed E-state index contributed by atoms with van der Waals surface area (Å²) >= 11 is 6.66. The summed E-state index contributed by atoms with van der Waals surface area (Å²) in [5.74, 6) is 0. The summed E-state index contributed by atoms with van der Waals surface area (Å²) in [6, 6.07) is 12.5. The van der Waals surface area contributed by atoms with Crippen molar-refractivity contribution in [3.05, 3.63) is 50.6 Å². The molecule has 0 amide bonds. The highest BCUT2D eigenvalue weighted by molar-refractivity contribution is 9.10. The molecule has 3 rings (SSSR count). The Kier molecular flexibility index (Phi) is 3.85. The van der Waals surface area contributed by atoms with Crippen LogP contribution in [0.3, 0.4) is 0 Å². The van der Waals surface area contributed by atoms with E-state index >= 15 is 0 Å². The monoisotopic (exact) mass is 374 g/mol. The summed E-state index contributed by atoms with van der Waals surface area (Å²) in [6.45, 7) is 2.05. The summed E-state index contributed by atoms with van der Waals surface area (Å²) in [7, 11) is 0. The molecule has 21 heavy (non-hydrogen) atoms. The Morgan fingerprint density at radius 3 is 2.71 bits per heavy atom. The third-order valence-corrected chi connectivity index (χ3v) is 6.15. The normalized spacial score (nSPS) is 10.5. The Morgan fingerprint density at radius 1 is 1.29 bits per heavy atom. The van der Waals surface area contributed by atoms with Gasteiger partial charge in [0, 0.05) is 19.8 Å². The lowest BCUT2D eigenvalue weighted by molar-refractivity contribution is 1.43. The number of thiophene rings is 2. The second-order valence-corrected chi connectivity index (χ2v) is 7.42. The summed E-state index contributed by atoms with van der Waals surface area (Å²) in [6.07, 6.45) is 0. The van der Waals surface area contributed by atoms with Crippen LogP contribution in [0.5, 0.6) is 0 Å². The minimum Gasteiger partial charge on any atom is -0.396 e. The zero-order chi connectivity index (χ0) is 15.0. The number of nitrogens with zero attached hydrogens (tertiary/aromatic N) is 1. The number of halogens is 1. The van der Waals surface area contributed by atoms with Gasteiger partial charge in [0.15, 0.2) is 0 Å². The fourth-order valence-corrected chi connectivity index (χ4v) is 4.39. The number of nitrogen functional groups attached to an aromatic ring is 1. The molecule has 0 aliphatic heterocycles. The van der Waals surface area contributed by atoms with Crippen molar-refractivity contribution in [2.45, 2.75) is 6.92 Å². The van der Waals surface area contributed by atoms with Crippen molar-refractivity contribution < 1.29 is 0 Å². The molecule has 5 heteroatoms. The molecule has 2 nitrogen and oxygen atoms in total. The van der Waals surface area contributed by atoms with E-state index in [4.69, 9.17) is 5.73 Å². The van der Waals surface area contributed by atoms with Crippen molar-refractivity contribution in [1.82, 2.24) is 0 Å². The lowest BCUT2D eigenvalue weighted by Gasteiger charge is -2.06. The third kappa shape index (κ3) is 2.51. The number of rotatable bonds is 2. The van der Waals surface area contributed by atoms with Crippen LogP contribution in [0.15, 0.2) is 40.2 Å². The Balaban J connectivity index is 2.27. The standard InChI is InChI=1S/C16H11BrN2S2/c1-9-4-5-10(7-11(9)17)16-14(12-3-2-6-20-12)15(19)13(8-18)21-16/h2-7H,19H2,1H3. The van der Waals surface area contributed by atoms with Crippen molar-refractivity contribution in [3.8, 4) is 27.0 Å². The molecule has 2 aromatic heterocycles. The Bertz CT molecular complexity index is 842. The van der Waals surface area contributed by atoms with Gasteiger partial charge in [0.2, 0.25) is 0 Å². The SMILES string of the molecule is Cc1ccc(-c2sc(C#N)c(N)c2-c2cccs2)cc1Br. The molecule has 0 saturated carbocycles. The van der Waals surface area contributed by atoms with Crippen molar-refractivity contribution in [1.29, 1.82) is 5.26 Å². The summed E-state index contributed by atoms with van der Waals surface area (Å²) in [4.78, 5) is 2.72. The Morgan fingerprint density at radius 2 is 2.10 bits per heavy atom. The zero-order valence-corrected chi connectivity index (χ0v) is 14.4. The number of hydrogen-bond acceptors (Lipinski definition) is 4. The van der Waals surface area contributed by atoms with Crippen LogP contribution in [0.4, 0.5) is 5.69 Å². The maximum Gasteiger partial charge on any atom is 0.129 e. The first-order valence-electron chi connectivity index (χ1n) is 6.24. The fourth-order valence-electron chi connectivity index (χ4n) is 2.13. The molecule has 0 radical (unpaired) electrons. The molecule has 0 fully saturated rings. The lowest BCUT2D eigenvalue weighted by atomic mass is 10.1. The van der Waals surface area contributed by atoms with Crippen LogP contribution in [0.1, 0.15) is 10.4 Å². The summed E-state index contributed by atoms with van der Waals surface area (Å²) in [5, 5.41) is 11.3. The van der Waals surface area contributed by atoms with E-state index in [0.717, 1.165) is 25.4 Å². The van der Waals surface area contributed by atoms with Gasteiger partial charge in [0.25, 0.3) is 0 Å². The van der Waals surface area contributed by atoms with E-state index in [1.807, 2.05) is 17.5 Å². The third-order valence-electron chi connectivity index (χ3n) is 3.25. The minimum atomic E-state index is 0.574. The molecular formula is C16H11BrN2S2. The van der Waals surface area contributed by atoms with E-state index < -0.39 is 0 Å². The van der Waals surface area contributed by atoms with Crippen molar-refractivity contribution >= 4 is 44.3 Å². The molecule has 0 bridgehead atoms. The molecule has 104 valence electrons. The van der Waals surface area contributed by atoms with E-state index in [-0.39, 0.29) is 0 Å². The first-order valence-corrected chi connectivity index (χ1v) is 8.73. The molecule has 0 saturated heterocycles. The highest BCUT2D eigenvalue weighted by atomic mass is 79.9. The van der Waals surface area contributed by atoms with Crippen LogP contribution in [-0.2, 0) is 0 Å². The van der Waals surface area contributed by atoms with Crippen LogP contribution in [0, 0.1) is 18.3 Å². The van der Waals surface area contributed by atoms with Crippen molar-refractivity contribution in [2.75, 3.05) is 5.73 Å². The van der Waals surface area contributed by atoms with E-state index in [0.29, 0.717) is 10.6 Å². The van der Waals surface area contributed by atoms with Gasteiger partial charge in [-0.05, 0) is 35.6 Å². The quantitative estimate of drug-likeness (QED) is 0.628. The lowest BCUT2D eigenvalue weighted by Crippen LogP contribution is -1.88. The zero-order valence-electron chi connectivity index (χ0n) is 11.2. The van der Waals surface area contributed by atoms with E-state index in [2.05, 4.69) is 47.1 Å². The van der Waals surface area contributed by atoms with Gasteiger partial charge in [-0.1, -0.05) is 34.1 Å². The largest absolute Gasteiger partial charge is 0.396 e. The molecule has 0 spiro atoms. The van der Waals surface area contributed by atoms with Crippen LogP contribution >= 0.6 is 38.6 Å². The molecule has 0 aliphatic carbocycles. The highest BCUT2D eigenvalue weighted by Crippen LogP contribution is 2.46. The van der Waals surface area contributed by atoms with E-state index in [9.17, 15) is 5.26 Å². The van der Waals surface area contributed by atoms with Crippen LogP contribution in [0.25, 0.3) is 20.9 Å². The molecule has 1 aromatic carbocycles. The molecule has 0 unspecified atom stereocenters. The van der Waals surface area contributed by atoms with Gasteiger partial charge >= 0.3 is 0 Å². The predicted molar refractivity (Wildman–Crippen MR) is 94.6 cm³/mol. The second kappa shape index (κ2) is 5.64. The Hall–Kier alpha value is -1.61. The molecule has 0 aliphatic rings. The van der Waals surface area contributed by atoms with Gasteiger partial charge in [-0.2, -0.15) is 5.26 Å². The van der Waals surface area contributed by atoms with Crippen LogP contribution in [-0.4, -0.2) is 0 Å². The van der Waals surface area contributed by atoms with E-state index in [1.54, 1.807) is 11.3 Å². The molecule has 2 N–H and O–H groups in total. The minimum absolute atomic E-state index is 0.574. The average molecular weight is 375 g/mol. The average Bonchev–Trinajstić information content (AvgIpc) is 3.09. The van der Waals surface area contributed by atoms with Crippen molar-refractivity contribution in [2.24, 2.45) is 0 Å². The number of aryl methyl sites for hydroxylation is 1. The first-order chi connectivity index (χ1) is 10.1. The summed E-state index contributed by atoms with van der Waals surface area (Å²) < 4.78 is 1.06. The highest BCUT2D eigenvalue weighted by Gasteiger charge is 2.19. The predicted octanol–water partition coefficient (Wildman–Crippen LogP) is 5.67. The Labute approximate surface area is 139 Å². The van der Waals surface area contributed by atoms with Crippen LogP contribution in [0.2, 0.25) is 0 Å². The number of benzene rings is 1. The second-order valence-electron chi connectivity index (χ2n) is 4.60. The van der Waals surface area contributed by atoms with Gasteiger partial charge in [-0.3, -0.25) is 0 Å². The van der Waals surface area contributed by atoms with Crippen molar-refractivity contribution in [3.63, 3.8) is 0 Å². The van der Waals surface area contributed by atoms with E-state index in [1.165, 1.54) is 16.9 Å².